The zero-order valence-electron chi connectivity index (χ0n) is 14.8. The minimum Gasteiger partial charge on any atom is -0.393 e. The Balaban J connectivity index is 1.48. The first-order valence-electron chi connectivity index (χ1n) is 9.75. The van der Waals surface area contributed by atoms with Crippen LogP contribution in [0.25, 0.3) is 0 Å². The SMILES string of the molecule is C=C1C[C@H](CCc2ccccc2)O[C@H](CC(O)C2CCCCC2)C1. The molecule has 1 heterocycles. The van der Waals surface area contributed by atoms with E-state index in [9.17, 15) is 5.11 Å². The molecule has 2 heteroatoms. The lowest BCUT2D eigenvalue weighted by Gasteiger charge is -2.35. The van der Waals surface area contributed by atoms with Gasteiger partial charge in [0.05, 0.1) is 18.3 Å². The molecule has 2 nitrogen and oxygen atoms in total. The quantitative estimate of drug-likeness (QED) is 0.740. The van der Waals surface area contributed by atoms with Crippen LogP contribution in [-0.2, 0) is 11.2 Å². The van der Waals surface area contributed by atoms with Gasteiger partial charge in [0, 0.05) is 6.42 Å². The number of ether oxygens (including phenoxy) is 1. The molecule has 1 aromatic carbocycles. The molecule has 1 unspecified atom stereocenters. The monoisotopic (exact) mass is 328 g/mol. The molecule has 1 aliphatic carbocycles. The minimum absolute atomic E-state index is 0.156. The van der Waals surface area contributed by atoms with Crippen LogP contribution in [0.4, 0.5) is 0 Å². The Hall–Kier alpha value is -1.12. The summed E-state index contributed by atoms with van der Waals surface area (Å²) in [6, 6.07) is 10.6. The molecule has 1 aliphatic heterocycles. The van der Waals surface area contributed by atoms with Crippen LogP contribution in [-0.4, -0.2) is 23.4 Å². The standard InChI is InChI=1S/C22H32O2/c1-17-14-20(13-12-18-8-4-2-5-9-18)24-21(15-17)16-22(23)19-10-6-3-7-11-19/h2,4-5,8-9,19-23H,1,3,6-7,10-16H2/t20-,21-,22?/m0/s1. The number of aliphatic hydroxyl groups is 1. The average Bonchev–Trinajstić information content (AvgIpc) is 2.61. The summed E-state index contributed by atoms with van der Waals surface area (Å²) in [6.07, 6.45) is 11.3. The van der Waals surface area contributed by atoms with E-state index in [4.69, 9.17) is 4.74 Å². The largest absolute Gasteiger partial charge is 0.393 e. The molecule has 0 bridgehead atoms. The maximum Gasteiger partial charge on any atom is 0.0640 e. The first-order chi connectivity index (χ1) is 11.7. The number of aliphatic hydroxyl groups excluding tert-OH is 1. The highest BCUT2D eigenvalue weighted by Gasteiger charge is 2.29. The van der Waals surface area contributed by atoms with E-state index in [1.807, 2.05) is 0 Å². The summed E-state index contributed by atoms with van der Waals surface area (Å²) in [4.78, 5) is 0. The number of rotatable bonds is 6. The van der Waals surface area contributed by atoms with Crippen LogP contribution >= 0.6 is 0 Å². The van der Waals surface area contributed by atoms with Gasteiger partial charge in [-0.1, -0.05) is 61.7 Å². The predicted octanol–water partition coefficient (Wildman–Crippen LogP) is 5.05. The fourth-order valence-electron chi connectivity index (χ4n) is 4.36. The van der Waals surface area contributed by atoms with Crippen molar-refractivity contribution < 1.29 is 9.84 Å². The molecule has 3 rings (SSSR count). The fourth-order valence-corrected chi connectivity index (χ4v) is 4.36. The number of hydrogen-bond donors (Lipinski definition) is 1. The Kier molecular flexibility index (Phi) is 6.51. The van der Waals surface area contributed by atoms with Crippen LogP contribution in [0.15, 0.2) is 42.5 Å². The van der Waals surface area contributed by atoms with Gasteiger partial charge in [0.1, 0.15) is 0 Å². The molecule has 0 aromatic heterocycles. The van der Waals surface area contributed by atoms with E-state index in [1.54, 1.807) is 0 Å². The third kappa shape index (κ3) is 5.19. The topological polar surface area (TPSA) is 29.5 Å². The third-order valence-electron chi connectivity index (χ3n) is 5.71. The Morgan fingerprint density at radius 1 is 1.04 bits per heavy atom. The second-order valence-corrected chi connectivity index (χ2v) is 7.76. The lowest BCUT2D eigenvalue weighted by atomic mass is 9.82. The van der Waals surface area contributed by atoms with Gasteiger partial charge in [0.15, 0.2) is 0 Å². The van der Waals surface area contributed by atoms with Gasteiger partial charge in [-0.3, -0.25) is 0 Å². The van der Waals surface area contributed by atoms with Crippen molar-refractivity contribution in [2.75, 3.05) is 0 Å². The highest BCUT2D eigenvalue weighted by molar-refractivity contribution is 5.15. The maximum atomic E-state index is 10.6. The van der Waals surface area contributed by atoms with Gasteiger partial charge in [-0.15, -0.1) is 0 Å². The lowest BCUT2D eigenvalue weighted by molar-refractivity contribution is -0.0646. The van der Waals surface area contributed by atoms with Crippen molar-refractivity contribution in [1.29, 1.82) is 0 Å². The molecular formula is C22H32O2. The Labute approximate surface area is 146 Å². The van der Waals surface area contributed by atoms with E-state index in [1.165, 1.54) is 43.2 Å². The van der Waals surface area contributed by atoms with Crippen LogP contribution < -0.4 is 0 Å². The smallest absolute Gasteiger partial charge is 0.0640 e. The van der Waals surface area contributed by atoms with Crippen LogP contribution in [0.5, 0.6) is 0 Å². The zero-order chi connectivity index (χ0) is 16.8. The number of benzene rings is 1. The summed E-state index contributed by atoms with van der Waals surface area (Å²) in [6.45, 7) is 4.23. The highest BCUT2D eigenvalue weighted by atomic mass is 16.5. The van der Waals surface area contributed by atoms with Gasteiger partial charge in [-0.05, 0) is 50.0 Å². The van der Waals surface area contributed by atoms with Crippen molar-refractivity contribution >= 4 is 0 Å². The molecule has 3 atom stereocenters. The molecule has 0 radical (unpaired) electrons. The van der Waals surface area contributed by atoms with Crippen molar-refractivity contribution in [2.45, 2.75) is 82.5 Å². The molecule has 1 saturated heterocycles. The number of hydrogen-bond acceptors (Lipinski definition) is 2. The average molecular weight is 328 g/mol. The molecule has 0 spiro atoms. The van der Waals surface area contributed by atoms with Crippen molar-refractivity contribution in [1.82, 2.24) is 0 Å². The second-order valence-electron chi connectivity index (χ2n) is 7.76. The highest BCUT2D eigenvalue weighted by Crippen LogP contribution is 2.33. The Bertz CT molecular complexity index is 504. The van der Waals surface area contributed by atoms with Gasteiger partial charge in [-0.2, -0.15) is 0 Å². The Morgan fingerprint density at radius 3 is 2.50 bits per heavy atom. The van der Waals surface area contributed by atoms with E-state index in [0.717, 1.165) is 32.1 Å². The van der Waals surface area contributed by atoms with E-state index < -0.39 is 0 Å². The molecule has 1 saturated carbocycles. The summed E-state index contributed by atoms with van der Waals surface area (Å²) in [5, 5.41) is 10.6. The third-order valence-corrected chi connectivity index (χ3v) is 5.71. The van der Waals surface area contributed by atoms with Crippen LogP contribution in [0.2, 0.25) is 0 Å². The minimum atomic E-state index is -0.198. The summed E-state index contributed by atoms with van der Waals surface area (Å²) in [5.41, 5.74) is 2.66. The summed E-state index contributed by atoms with van der Waals surface area (Å²) in [7, 11) is 0. The van der Waals surface area contributed by atoms with Gasteiger partial charge in [0.2, 0.25) is 0 Å². The zero-order valence-corrected chi connectivity index (χ0v) is 14.8. The molecule has 132 valence electrons. The first-order valence-corrected chi connectivity index (χ1v) is 9.75. The first kappa shape index (κ1) is 17.7. The summed E-state index contributed by atoms with van der Waals surface area (Å²) in [5.74, 6) is 0.486. The molecule has 0 amide bonds. The molecule has 24 heavy (non-hydrogen) atoms. The Morgan fingerprint density at radius 2 is 1.75 bits per heavy atom. The summed E-state index contributed by atoms with van der Waals surface area (Å²) < 4.78 is 6.32. The van der Waals surface area contributed by atoms with Crippen molar-refractivity contribution in [2.24, 2.45) is 5.92 Å². The molecule has 1 aromatic rings. The van der Waals surface area contributed by atoms with Gasteiger partial charge >= 0.3 is 0 Å². The maximum absolute atomic E-state index is 10.6. The molecule has 2 fully saturated rings. The van der Waals surface area contributed by atoms with Gasteiger partial charge in [0.25, 0.3) is 0 Å². The lowest BCUT2D eigenvalue weighted by Crippen LogP contribution is -2.34. The normalized spacial score (nSPS) is 27.1. The van der Waals surface area contributed by atoms with Crippen LogP contribution in [0.1, 0.15) is 63.4 Å². The van der Waals surface area contributed by atoms with Gasteiger partial charge < -0.3 is 9.84 Å². The second kappa shape index (κ2) is 8.82. The van der Waals surface area contributed by atoms with E-state index in [2.05, 4.69) is 36.9 Å². The van der Waals surface area contributed by atoms with Crippen molar-refractivity contribution in [3.05, 3.63) is 48.0 Å². The number of aryl methyl sites for hydroxylation is 1. The van der Waals surface area contributed by atoms with Gasteiger partial charge in [-0.25, -0.2) is 0 Å². The van der Waals surface area contributed by atoms with Crippen molar-refractivity contribution in [3.8, 4) is 0 Å². The van der Waals surface area contributed by atoms with Crippen LogP contribution in [0.3, 0.4) is 0 Å². The van der Waals surface area contributed by atoms with E-state index >= 15 is 0 Å². The molecule has 1 N–H and O–H groups in total. The van der Waals surface area contributed by atoms with Crippen molar-refractivity contribution in [3.63, 3.8) is 0 Å². The summed E-state index contributed by atoms with van der Waals surface area (Å²) >= 11 is 0. The van der Waals surface area contributed by atoms with E-state index in [0.29, 0.717) is 5.92 Å². The molecule has 2 aliphatic rings. The predicted molar refractivity (Wildman–Crippen MR) is 99.0 cm³/mol. The molecular weight excluding hydrogens is 296 g/mol. The fraction of sp³-hybridized carbons (Fsp3) is 0.636. The van der Waals surface area contributed by atoms with Crippen LogP contribution in [0, 0.1) is 5.92 Å². The van der Waals surface area contributed by atoms with E-state index in [-0.39, 0.29) is 18.3 Å².